The topological polar surface area (TPSA) is 110 Å². The summed E-state index contributed by atoms with van der Waals surface area (Å²) in [5, 5.41) is 22.7. The Labute approximate surface area is 201 Å². The van der Waals surface area contributed by atoms with Crippen LogP contribution < -0.4 is 15.0 Å². The molecule has 0 aliphatic rings. The summed E-state index contributed by atoms with van der Waals surface area (Å²) in [6.45, 7) is 4.91. The van der Waals surface area contributed by atoms with Crippen LogP contribution in [-0.2, 0) is 4.74 Å². The summed E-state index contributed by atoms with van der Waals surface area (Å²) in [4.78, 5) is 11.6. The third kappa shape index (κ3) is 7.16. The van der Waals surface area contributed by atoms with E-state index in [0.29, 0.717) is 41.0 Å². The molecule has 2 rings (SSSR count). The molecule has 0 aliphatic carbocycles. The second-order valence-corrected chi connectivity index (χ2v) is 8.51. The third-order valence-corrected chi connectivity index (χ3v) is 5.81. The highest BCUT2D eigenvalue weighted by atomic mass is 16.5. The number of rotatable bonds is 16. The number of nitrogens with one attached hydrogen (secondary N) is 1. The van der Waals surface area contributed by atoms with Crippen LogP contribution in [0.2, 0.25) is 0 Å². The fourth-order valence-corrected chi connectivity index (χ4v) is 4.06. The lowest BCUT2D eigenvalue weighted by Crippen LogP contribution is -2.09. The van der Waals surface area contributed by atoms with Gasteiger partial charge in [-0.15, -0.1) is 4.91 Å². The van der Waals surface area contributed by atoms with Gasteiger partial charge in [0.1, 0.15) is 17.2 Å². The highest BCUT2D eigenvalue weighted by Crippen LogP contribution is 2.48. The fourth-order valence-electron chi connectivity index (χ4n) is 4.06. The van der Waals surface area contributed by atoms with Crippen molar-refractivity contribution < 1.29 is 24.5 Å². The lowest BCUT2D eigenvalue weighted by molar-refractivity contribution is 0.0501. The second kappa shape index (κ2) is 14.6. The molecule has 0 amide bonds. The molecule has 0 saturated carbocycles. The summed E-state index contributed by atoms with van der Waals surface area (Å²) in [6.07, 6.45) is 8.54. The molecule has 0 fully saturated rings. The van der Waals surface area contributed by atoms with Gasteiger partial charge >= 0.3 is 0 Å². The number of aliphatic hydroxyl groups is 1. The number of hydrogen-bond donors (Lipinski definition) is 3. The Balaban J connectivity index is 2.41. The highest BCUT2D eigenvalue weighted by Gasteiger charge is 2.25. The molecule has 0 aliphatic heterocycles. The van der Waals surface area contributed by atoms with Gasteiger partial charge in [-0.25, -0.2) is 0 Å². The lowest BCUT2D eigenvalue weighted by atomic mass is 9.96. The first kappa shape index (κ1) is 27.6. The number of fused-ring (bicyclic) bond motifs is 1. The Morgan fingerprint density at radius 1 is 1.06 bits per heavy atom. The van der Waals surface area contributed by atoms with E-state index in [1.807, 2.05) is 19.9 Å². The first-order valence-electron chi connectivity index (χ1n) is 11.8. The van der Waals surface area contributed by atoms with Gasteiger partial charge < -0.3 is 19.3 Å². The highest BCUT2D eigenvalue weighted by molar-refractivity contribution is 6.08. The van der Waals surface area contributed by atoms with Crippen molar-refractivity contribution >= 4 is 22.1 Å². The van der Waals surface area contributed by atoms with Gasteiger partial charge in [0.15, 0.2) is 0 Å². The van der Waals surface area contributed by atoms with Gasteiger partial charge in [-0.2, -0.15) is 0 Å². The molecule has 3 N–H and O–H groups in total. The summed E-state index contributed by atoms with van der Waals surface area (Å²) in [6, 6.07) is 4.94. The second-order valence-electron chi connectivity index (χ2n) is 8.51. The number of allylic oxidation sites excluding steroid dienone is 1. The Hall–Kier alpha value is -2.68. The summed E-state index contributed by atoms with van der Waals surface area (Å²) in [5.41, 5.74) is 4.67. The van der Waals surface area contributed by atoms with Crippen molar-refractivity contribution in [2.75, 3.05) is 32.9 Å². The van der Waals surface area contributed by atoms with Crippen LogP contribution in [0.4, 0.5) is 11.4 Å². The number of unbranched alkanes of at least 4 members (excludes halogenated alkanes) is 5. The minimum absolute atomic E-state index is 0.190. The summed E-state index contributed by atoms with van der Waals surface area (Å²) in [5.74, 6) is 0.946. The number of nitroso groups, excluding NO2 is 1. The van der Waals surface area contributed by atoms with Crippen LogP contribution in [0.15, 0.2) is 35.0 Å². The molecule has 0 radical (unpaired) electrons. The standard InChI is InChI=1S/C26H38N2O6/c1-18(2)11-14-22(34-16-10-8-6-5-7-9-15-29)19-17-23(32-3)24-20(27-30)12-13-21(28-31)25(24)26(19)33-4/h11-13,17,22,27,29-30H,5-10,14-16H2,1-4H3/t22-/m0/s1. The molecular formula is C26H38N2O6. The maximum atomic E-state index is 11.6. The van der Waals surface area contributed by atoms with E-state index in [-0.39, 0.29) is 18.4 Å². The van der Waals surface area contributed by atoms with Crippen LogP contribution in [0, 0.1) is 4.91 Å². The van der Waals surface area contributed by atoms with E-state index in [1.165, 1.54) is 18.7 Å². The molecule has 0 heterocycles. The molecule has 188 valence electrons. The van der Waals surface area contributed by atoms with Gasteiger partial charge in [-0.05, 0) is 56.5 Å². The van der Waals surface area contributed by atoms with Crippen molar-refractivity contribution in [3.8, 4) is 11.5 Å². The van der Waals surface area contributed by atoms with Crippen molar-refractivity contribution in [1.29, 1.82) is 0 Å². The van der Waals surface area contributed by atoms with E-state index < -0.39 is 0 Å². The Morgan fingerprint density at radius 2 is 1.76 bits per heavy atom. The molecule has 0 bridgehead atoms. The van der Waals surface area contributed by atoms with Gasteiger partial charge in [0.25, 0.3) is 0 Å². The molecule has 8 heteroatoms. The van der Waals surface area contributed by atoms with E-state index in [2.05, 4.69) is 16.7 Å². The van der Waals surface area contributed by atoms with Crippen molar-refractivity contribution in [2.24, 2.45) is 5.18 Å². The molecule has 0 spiro atoms. The molecule has 0 aromatic heterocycles. The van der Waals surface area contributed by atoms with E-state index >= 15 is 0 Å². The summed E-state index contributed by atoms with van der Waals surface area (Å²) < 4.78 is 17.8. The van der Waals surface area contributed by atoms with E-state index in [0.717, 1.165) is 44.1 Å². The van der Waals surface area contributed by atoms with Gasteiger partial charge in [-0.1, -0.05) is 37.3 Å². The van der Waals surface area contributed by atoms with Crippen LogP contribution in [0.3, 0.4) is 0 Å². The van der Waals surface area contributed by atoms with E-state index in [1.54, 1.807) is 13.2 Å². The Kier molecular flexibility index (Phi) is 11.8. The zero-order valence-electron chi connectivity index (χ0n) is 20.7. The zero-order chi connectivity index (χ0) is 24.9. The van der Waals surface area contributed by atoms with Gasteiger partial charge in [0, 0.05) is 18.8 Å². The molecule has 0 saturated heterocycles. The minimum Gasteiger partial charge on any atom is -0.496 e. The van der Waals surface area contributed by atoms with Crippen LogP contribution in [-0.4, -0.2) is 37.7 Å². The monoisotopic (exact) mass is 474 g/mol. The van der Waals surface area contributed by atoms with Crippen LogP contribution in [0.1, 0.15) is 70.5 Å². The predicted molar refractivity (Wildman–Crippen MR) is 135 cm³/mol. The average molecular weight is 475 g/mol. The molecule has 0 unspecified atom stereocenters. The quantitative estimate of drug-likeness (QED) is 0.106. The first-order chi connectivity index (χ1) is 16.5. The van der Waals surface area contributed by atoms with Gasteiger partial charge in [0.05, 0.1) is 36.8 Å². The van der Waals surface area contributed by atoms with Gasteiger partial charge in [0.2, 0.25) is 0 Å². The minimum atomic E-state index is -0.317. The maximum absolute atomic E-state index is 11.6. The predicted octanol–water partition coefficient (Wildman–Crippen LogP) is 6.80. The Morgan fingerprint density at radius 3 is 2.35 bits per heavy atom. The molecular weight excluding hydrogens is 436 g/mol. The number of aliphatic hydroxyl groups excluding tert-OH is 1. The van der Waals surface area contributed by atoms with Crippen molar-refractivity contribution in [3.63, 3.8) is 0 Å². The molecule has 2 aromatic rings. The van der Waals surface area contributed by atoms with Crippen molar-refractivity contribution in [2.45, 2.75) is 64.9 Å². The molecule has 8 nitrogen and oxygen atoms in total. The van der Waals surface area contributed by atoms with Gasteiger partial charge in [-0.3, -0.25) is 10.7 Å². The largest absolute Gasteiger partial charge is 0.496 e. The lowest BCUT2D eigenvalue weighted by Gasteiger charge is -2.23. The van der Waals surface area contributed by atoms with Crippen LogP contribution in [0.25, 0.3) is 10.8 Å². The number of benzene rings is 2. The number of nitrogens with zero attached hydrogens (tertiary/aromatic N) is 1. The smallest absolute Gasteiger partial charge is 0.135 e. The number of methoxy groups -OCH3 is 2. The zero-order valence-corrected chi connectivity index (χ0v) is 20.7. The SMILES string of the molecule is COc1cc([C@H](CC=C(C)C)OCCCCCCCCO)c(OC)c2c(N=O)ccc(NO)c12. The van der Waals surface area contributed by atoms with E-state index in [4.69, 9.17) is 19.3 Å². The molecule has 2 aromatic carbocycles. The summed E-state index contributed by atoms with van der Waals surface area (Å²) >= 11 is 0. The normalized spacial score (nSPS) is 11.8. The third-order valence-electron chi connectivity index (χ3n) is 5.81. The van der Waals surface area contributed by atoms with Crippen molar-refractivity contribution in [3.05, 3.63) is 40.3 Å². The maximum Gasteiger partial charge on any atom is 0.135 e. The molecule has 34 heavy (non-hydrogen) atoms. The first-order valence-corrected chi connectivity index (χ1v) is 11.8. The number of hydrogen-bond acceptors (Lipinski definition) is 8. The summed E-state index contributed by atoms with van der Waals surface area (Å²) in [7, 11) is 3.08. The Bertz CT molecular complexity index is 956. The van der Waals surface area contributed by atoms with E-state index in [9.17, 15) is 10.1 Å². The fraction of sp³-hybridized carbons (Fsp3) is 0.538. The number of anilines is 1. The average Bonchev–Trinajstić information content (AvgIpc) is 2.85. The number of ether oxygens (including phenoxy) is 3. The molecule has 1 atom stereocenters. The van der Waals surface area contributed by atoms with Crippen LogP contribution >= 0.6 is 0 Å². The van der Waals surface area contributed by atoms with Crippen LogP contribution in [0.5, 0.6) is 11.5 Å². The van der Waals surface area contributed by atoms with Crippen molar-refractivity contribution in [1.82, 2.24) is 0 Å².